The molecule has 0 bridgehead atoms. The highest BCUT2D eigenvalue weighted by atomic mass is 79.9. The molecule has 0 aliphatic carbocycles. The van der Waals surface area contributed by atoms with Gasteiger partial charge in [0.2, 0.25) is 10.0 Å². The molecule has 0 saturated heterocycles. The summed E-state index contributed by atoms with van der Waals surface area (Å²) in [6.07, 6.45) is 0. The number of rotatable bonds is 8. The fraction of sp³-hybridized carbons (Fsp3) is 0.250. The van der Waals surface area contributed by atoms with E-state index in [4.69, 9.17) is 5.73 Å². The first-order valence-electron chi connectivity index (χ1n) is 7.68. The molecule has 0 saturated carbocycles. The predicted molar refractivity (Wildman–Crippen MR) is 98.9 cm³/mol. The first-order chi connectivity index (χ1) is 12.7. The van der Waals surface area contributed by atoms with Crippen molar-refractivity contribution in [2.24, 2.45) is 5.73 Å². The largest absolute Gasteiger partial charge is 0.323 e. The Morgan fingerprint density at radius 2 is 1.93 bits per heavy atom. The van der Waals surface area contributed by atoms with Gasteiger partial charge in [-0.25, -0.2) is 17.2 Å². The van der Waals surface area contributed by atoms with E-state index in [1.807, 2.05) is 0 Å². The summed E-state index contributed by atoms with van der Waals surface area (Å²) in [5, 5.41) is 11.1. The Hall–Kier alpha value is -1.95. The van der Waals surface area contributed by atoms with Gasteiger partial charge in [-0.15, -0.1) is 0 Å². The maximum atomic E-state index is 13.6. The van der Waals surface area contributed by atoms with Crippen molar-refractivity contribution in [2.75, 3.05) is 19.8 Å². The predicted octanol–water partition coefficient (Wildman–Crippen LogP) is 3.16. The molecule has 27 heavy (non-hydrogen) atoms. The number of nitro benzene ring substituents is 1. The van der Waals surface area contributed by atoms with Crippen LogP contribution in [0.15, 0.2) is 51.8 Å². The summed E-state index contributed by atoms with van der Waals surface area (Å²) in [6, 6.07) is 7.66. The molecular weight excluding hydrogens is 448 g/mol. The minimum absolute atomic E-state index is 0.295. The van der Waals surface area contributed by atoms with Gasteiger partial charge in [-0.3, -0.25) is 10.1 Å². The summed E-state index contributed by atoms with van der Waals surface area (Å²) in [5.41, 5.74) is 5.66. The van der Waals surface area contributed by atoms with Crippen LogP contribution in [-0.4, -0.2) is 37.4 Å². The van der Waals surface area contributed by atoms with Crippen LogP contribution in [0.2, 0.25) is 0 Å². The number of nitrogens with zero attached hydrogens (tertiary/aromatic N) is 2. The Labute approximate surface area is 163 Å². The highest BCUT2D eigenvalue weighted by molar-refractivity contribution is 9.10. The van der Waals surface area contributed by atoms with Crippen LogP contribution in [0.5, 0.6) is 0 Å². The Bertz CT molecular complexity index is 923. The average molecular weight is 464 g/mol. The van der Waals surface area contributed by atoms with Crippen LogP contribution >= 0.6 is 15.9 Å². The molecule has 2 rings (SSSR count). The summed E-state index contributed by atoms with van der Waals surface area (Å²) >= 11 is 3.12. The molecule has 2 N–H and O–H groups in total. The smallest absolute Gasteiger partial charge is 0.289 e. The van der Waals surface area contributed by atoms with E-state index in [0.717, 1.165) is 22.5 Å². The van der Waals surface area contributed by atoms with Crippen LogP contribution in [0.1, 0.15) is 11.6 Å². The lowest BCUT2D eigenvalue weighted by molar-refractivity contribution is -0.387. The van der Waals surface area contributed by atoms with Crippen LogP contribution in [0.3, 0.4) is 0 Å². The van der Waals surface area contributed by atoms with Crippen molar-refractivity contribution < 1.29 is 22.1 Å². The SMILES string of the molecule is N[C@H](CN(CCF)S(=O)(=O)c1ccccc1[N+](=O)[O-])c1cc(F)cc(Br)c1. The molecular formula is C16H16BrF2N3O4S. The Kier molecular flexibility index (Phi) is 6.98. The van der Waals surface area contributed by atoms with Gasteiger partial charge in [-0.05, 0) is 29.8 Å². The number of hydrogen-bond acceptors (Lipinski definition) is 5. The van der Waals surface area contributed by atoms with Gasteiger partial charge in [0.05, 0.1) is 4.92 Å². The highest BCUT2D eigenvalue weighted by Crippen LogP contribution is 2.28. The zero-order chi connectivity index (χ0) is 20.2. The van der Waals surface area contributed by atoms with E-state index in [2.05, 4.69) is 15.9 Å². The molecule has 0 aliphatic rings. The number of hydrogen-bond donors (Lipinski definition) is 1. The normalized spacial score (nSPS) is 12.9. The third-order valence-electron chi connectivity index (χ3n) is 3.73. The number of alkyl halides is 1. The lowest BCUT2D eigenvalue weighted by atomic mass is 10.1. The number of nitro groups is 1. The van der Waals surface area contributed by atoms with E-state index in [9.17, 15) is 27.3 Å². The number of benzene rings is 2. The van der Waals surface area contributed by atoms with Gasteiger partial charge in [-0.2, -0.15) is 4.31 Å². The van der Waals surface area contributed by atoms with Crippen LogP contribution in [0.4, 0.5) is 14.5 Å². The second-order valence-electron chi connectivity index (χ2n) is 5.59. The third kappa shape index (κ3) is 5.06. The lowest BCUT2D eigenvalue weighted by Crippen LogP contribution is -2.38. The Morgan fingerprint density at radius 3 is 2.52 bits per heavy atom. The van der Waals surface area contributed by atoms with E-state index in [1.165, 1.54) is 24.3 Å². The quantitative estimate of drug-likeness (QED) is 0.477. The minimum atomic E-state index is -4.40. The summed E-state index contributed by atoms with van der Waals surface area (Å²) in [6.45, 7) is -1.94. The molecule has 0 fully saturated rings. The van der Waals surface area contributed by atoms with Gasteiger partial charge < -0.3 is 5.73 Å². The lowest BCUT2D eigenvalue weighted by Gasteiger charge is -2.24. The van der Waals surface area contributed by atoms with Crippen LogP contribution in [-0.2, 0) is 10.0 Å². The molecule has 0 amide bonds. The van der Waals surface area contributed by atoms with Crippen molar-refractivity contribution in [3.8, 4) is 0 Å². The van der Waals surface area contributed by atoms with E-state index < -0.39 is 50.6 Å². The van der Waals surface area contributed by atoms with E-state index >= 15 is 0 Å². The van der Waals surface area contributed by atoms with E-state index in [0.29, 0.717) is 10.0 Å². The molecule has 2 aromatic rings. The van der Waals surface area contributed by atoms with Gasteiger partial charge in [0.15, 0.2) is 4.90 Å². The first-order valence-corrected chi connectivity index (χ1v) is 9.91. The Morgan fingerprint density at radius 1 is 1.26 bits per heavy atom. The maximum absolute atomic E-state index is 13.6. The monoisotopic (exact) mass is 463 g/mol. The van der Waals surface area contributed by atoms with Crippen molar-refractivity contribution in [1.29, 1.82) is 0 Å². The first kappa shape index (κ1) is 21.4. The molecule has 11 heteroatoms. The molecule has 1 atom stereocenters. The van der Waals surface area contributed by atoms with Crippen molar-refractivity contribution in [1.82, 2.24) is 4.31 Å². The molecule has 0 unspecified atom stereocenters. The standard InChI is InChI=1S/C16H16BrF2N3O4S/c17-12-7-11(8-13(19)9-12)14(20)10-21(6-5-18)27(25,26)16-4-2-1-3-15(16)22(23)24/h1-4,7-9,14H,5-6,10,20H2/t14-/m1/s1. The summed E-state index contributed by atoms with van der Waals surface area (Å²) in [7, 11) is -4.40. The van der Waals surface area contributed by atoms with Crippen LogP contribution in [0.25, 0.3) is 0 Å². The topological polar surface area (TPSA) is 107 Å². The van der Waals surface area contributed by atoms with Crippen molar-refractivity contribution in [3.05, 3.63) is 68.4 Å². The van der Waals surface area contributed by atoms with Crippen molar-refractivity contribution >= 4 is 31.6 Å². The molecule has 0 aromatic heterocycles. The molecule has 0 spiro atoms. The van der Waals surface area contributed by atoms with Gasteiger partial charge in [0.1, 0.15) is 12.5 Å². The molecule has 0 aliphatic heterocycles. The molecule has 146 valence electrons. The average Bonchev–Trinajstić information content (AvgIpc) is 2.60. The summed E-state index contributed by atoms with van der Waals surface area (Å²) in [4.78, 5) is 9.76. The number of sulfonamides is 1. The van der Waals surface area contributed by atoms with E-state index in [-0.39, 0.29) is 6.54 Å². The van der Waals surface area contributed by atoms with Gasteiger partial charge in [0, 0.05) is 29.7 Å². The second-order valence-corrected chi connectivity index (χ2v) is 8.41. The number of nitrogens with two attached hydrogens (primary N) is 1. The molecule has 0 radical (unpaired) electrons. The highest BCUT2D eigenvalue weighted by Gasteiger charge is 2.32. The fourth-order valence-corrected chi connectivity index (χ4v) is 4.57. The van der Waals surface area contributed by atoms with Gasteiger partial charge in [-0.1, -0.05) is 28.1 Å². The zero-order valence-electron chi connectivity index (χ0n) is 13.9. The van der Waals surface area contributed by atoms with Gasteiger partial charge >= 0.3 is 0 Å². The van der Waals surface area contributed by atoms with Crippen molar-refractivity contribution in [2.45, 2.75) is 10.9 Å². The van der Waals surface area contributed by atoms with Crippen LogP contribution < -0.4 is 5.73 Å². The number of para-hydroxylation sites is 1. The molecule has 7 nitrogen and oxygen atoms in total. The van der Waals surface area contributed by atoms with Crippen molar-refractivity contribution in [3.63, 3.8) is 0 Å². The zero-order valence-corrected chi connectivity index (χ0v) is 16.3. The maximum Gasteiger partial charge on any atom is 0.289 e. The van der Waals surface area contributed by atoms with E-state index in [1.54, 1.807) is 0 Å². The van der Waals surface area contributed by atoms with Gasteiger partial charge in [0.25, 0.3) is 5.69 Å². The summed E-state index contributed by atoms with van der Waals surface area (Å²) < 4.78 is 53.4. The minimum Gasteiger partial charge on any atom is -0.323 e. The fourth-order valence-electron chi connectivity index (χ4n) is 2.48. The molecule has 2 aromatic carbocycles. The molecule has 0 heterocycles. The summed E-state index contributed by atoms with van der Waals surface area (Å²) in [5.74, 6) is -0.576. The third-order valence-corrected chi connectivity index (χ3v) is 6.10. The second kappa shape index (κ2) is 8.83. The Balaban J connectivity index is 2.40. The van der Waals surface area contributed by atoms with Crippen LogP contribution in [0, 0.1) is 15.9 Å². The number of halogens is 3.